The Hall–Kier alpha value is -1.88. The Kier molecular flexibility index (Phi) is 3.69. The van der Waals surface area contributed by atoms with Gasteiger partial charge in [0.15, 0.2) is 0 Å². The Morgan fingerprint density at radius 2 is 1.85 bits per heavy atom. The average Bonchev–Trinajstić information content (AvgIpc) is 2.45. The lowest BCUT2D eigenvalue weighted by Gasteiger charge is -2.26. The Morgan fingerprint density at radius 1 is 1.05 bits per heavy atom. The van der Waals surface area contributed by atoms with Crippen molar-refractivity contribution < 1.29 is 0 Å². The zero-order valence-electron chi connectivity index (χ0n) is 11.7. The number of rotatable bonds is 3. The molecular weight excluding hydrogens is 250 g/mol. The van der Waals surface area contributed by atoms with E-state index in [1.807, 2.05) is 12.1 Å². The molecule has 5 heteroatoms. The van der Waals surface area contributed by atoms with Crippen molar-refractivity contribution in [2.75, 3.05) is 31.1 Å². The number of nitrogens with zero attached hydrogens (tertiary/aromatic N) is 3. The first kappa shape index (κ1) is 13.1. The number of fused-ring (bicyclic) bond motifs is 1. The predicted octanol–water partition coefficient (Wildman–Crippen LogP) is 1.82. The third kappa shape index (κ3) is 2.67. The molecule has 0 saturated carbocycles. The summed E-state index contributed by atoms with van der Waals surface area (Å²) in [5.41, 5.74) is 13.7. The summed E-state index contributed by atoms with van der Waals surface area (Å²) in [5.74, 6) is 0.727. The molecule has 2 heterocycles. The first-order chi connectivity index (χ1) is 9.74. The van der Waals surface area contributed by atoms with Crippen molar-refractivity contribution in [3.63, 3.8) is 0 Å². The smallest absolute Gasteiger partial charge is 0.222 e. The monoisotopic (exact) mass is 271 g/mol. The van der Waals surface area contributed by atoms with Crippen LogP contribution in [-0.4, -0.2) is 34.5 Å². The van der Waals surface area contributed by atoms with Gasteiger partial charge in [-0.25, -0.2) is 4.98 Å². The van der Waals surface area contributed by atoms with Crippen molar-refractivity contribution in [1.29, 1.82) is 0 Å². The normalized spacial score (nSPS) is 16.6. The van der Waals surface area contributed by atoms with Crippen LogP contribution in [0.15, 0.2) is 18.2 Å². The van der Waals surface area contributed by atoms with Crippen LogP contribution >= 0.6 is 0 Å². The van der Waals surface area contributed by atoms with Gasteiger partial charge in [-0.3, -0.25) is 0 Å². The average molecular weight is 271 g/mol. The standard InChI is InChI=1S/C15H21N5/c16-14-13-11(7-10-20-8-2-1-3-9-20)5-4-6-12(13)18-15(17)19-14/h4-6H,1-3,7-10H2,(H4,16,17,18,19). The number of likely N-dealkylation sites (tertiary alicyclic amines) is 1. The summed E-state index contributed by atoms with van der Waals surface area (Å²) in [6.07, 6.45) is 4.98. The van der Waals surface area contributed by atoms with Crippen molar-refractivity contribution in [1.82, 2.24) is 14.9 Å². The number of anilines is 2. The van der Waals surface area contributed by atoms with Gasteiger partial charge in [0.1, 0.15) is 5.82 Å². The van der Waals surface area contributed by atoms with E-state index in [2.05, 4.69) is 20.9 Å². The highest BCUT2D eigenvalue weighted by Crippen LogP contribution is 2.24. The molecule has 20 heavy (non-hydrogen) atoms. The van der Waals surface area contributed by atoms with Crippen molar-refractivity contribution in [3.8, 4) is 0 Å². The molecule has 0 bridgehead atoms. The Balaban J connectivity index is 1.83. The maximum atomic E-state index is 6.02. The van der Waals surface area contributed by atoms with Gasteiger partial charge in [-0.15, -0.1) is 0 Å². The first-order valence-electron chi connectivity index (χ1n) is 7.27. The third-order valence-corrected chi connectivity index (χ3v) is 4.00. The summed E-state index contributed by atoms with van der Waals surface area (Å²) in [4.78, 5) is 10.9. The molecule has 0 radical (unpaired) electrons. The molecule has 3 rings (SSSR count). The van der Waals surface area contributed by atoms with Crippen LogP contribution in [0.3, 0.4) is 0 Å². The molecular formula is C15H21N5. The SMILES string of the molecule is Nc1nc(N)c2c(CCN3CCCCC3)cccc2n1. The zero-order valence-corrected chi connectivity index (χ0v) is 11.7. The molecule has 1 aromatic carbocycles. The summed E-state index contributed by atoms with van der Waals surface area (Å²) < 4.78 is 0. The lowest BCUT2D eigenvalue weighted by atomic mass is 10.0. The van der Waals surface area contributed by atoms with Crippen molar-refractivity contribution in [2.45, 2.75) is 25.7 Å². The van der Waals surface area contributed by atoms with Crippen LogP contribution in [0.25, 0.3) is 10.9 Å². The van der Waals surface area contributed by atoms with Crippen molar-refractivity contribution in [3.05, 3.63) is 23.8 Å². The minimum Gasteiger partial charge on any atom is -0.383 e. The van der Waals surface area contributed by atoms with Gasteiger partial charge in [0.05, 0.1) is 5.52 Å². The molecule has 106 valence electrons. The predicted molar refractivity (Wildman–Crippen MR) is 82.4 cm³/mol. The van der Waals surface area contributed by atoms with Crippen LogP contribution in [0.5, 0.6) is 0 Å². The van der Waals surface area contributed by atoms with E-state index >= 15 is 0 Å². The van der Waals surface area contributed by atoms with Gasteiger partial charge in [0, 0.05) is 11.9 Å². The van der Waals surface area contributed by atoms with E-state index < -0.39 is 0 Å². The minimum absolute atomic E-state index is 0.239. The lowest BCUT2D eigenvalue weighted by Crippen LogP contribution is -2.31. The highest BCUT2D eigenvalue weighted by Gasteiger charge is 2.12. The van der Waals surface area contributed by atoms with Gasteiger partial charge >= 0.3 is 0 Å². The second-order valence-electron chi connectivity index (χ2n) is 5.43. The van der Waals surface area contributed by atoms with E-state index in [9.17, 15) is 0 Å². The summed E-state index contributed by atoms with van der Waals surface area (Å²) >= 11 is 0. The number of hydrogen-bond acceptors (Lipinski definition) is 5. The zero-order chi connectivity index (χ0) is 13.9. The van der Waals surface area contributed by atoms with Crippen LogP contribution in [0, 0.1) is 0 Å². The molecule has 2 aromatic rings. The third-order valence-electron chi connectivity index (χ3n) is 4.00. The van der Waals surface area contributed by atoms with E-state index in [0.717, 1.165) is 23.9 Å². The second kappa shape index (κ2) is 5.63. The molecule has 0 atom stereocenters. The molecule has 0 aliphatic carbocycles. The molecule has 4 N–H and O–H groups in total. The highest BCUT2D eigenvalue weighted by atomic mass is 15.1. The Morgan fingerprint density at radius 3 is 2.65 bits per heavy atom. The van der Waals surface area contributed by atoms with Crippen LogP contribution in [0.4, 0.5) is 11.8 Å². The van der Waals surface area contributed by atoms with E-state index in [1.165, 1.54) is 37.9 Å². The first-order valence-corrected chi connectivity index (χ1v) is 7.27. The van der Waals surface area contributed by atoms with Crippen molar-refractivity contribution in [2.24, 2.45) is 0 Å². The summed E-state index contributed by atoms with van der Waals surface area (Å²) in [6.45, 7) is 3.50. The number of benzene rings is 1. The second-order valence-corrected chi connectivity index (χ2v) is 5.43. The molecule has 0 amide bonds. The molecule has 1 aliphatic heterocycles. The Bertz CT molecular complexity index is 604. The van der Waals surface area contributed by atoms with Crippen LogP contribution < -0.4 is 11.5 Å². The number of nitrogen functional groups attached to an aromatic ring is 2. The Labute approximate surface area is 119 Å². The number of piperidine rings is 1. The number of nitrogens with two attached hydrogens (primary N) is 2. The van der Waals surface area contributed by atoms with Gasteiger partial charge in [0.25, 0.3) is 0 Å². The fraction of sp³-hybridized carbons (Fsp3) is 0.467. The van der Waals surface area contributed by atoms with Crippen LogP contribution in [0.1, 0.15) is 24.8 Å². The van der Waals surface area contributed by atoms with Gasteiger partial charge in [-0.2, -0.15) is 4.98 Å². The molecule has 1 saturated heterocycles. The van der Waals surface area contributed by atoms with E-state index in [0.29, 0.717) is 5.82 Å². The van der Waals surface area contributed by atoms with E-state index in [1.54, 1.807) is 0 Å². The molecule has 0 spiro atoms. The summed E-state index contributed by atoms with van der Waals surface area (Å²) in [5, 5.41) is 0.957. The van der Waals surface area contributed by atoms with Crippen LogP contribution in [0.2, 0.25) is 0 Å². The van der Waals surface area contributed by atoms with Crippen LogP contribution in [-0.2, 0) is 6.42 Å². The minimum atomic E-state index is 0.239. The largest absolute Gasteiger partial charge is 0.383 e. The van der Waals surface area contributed by atoms with Gasteiger partial charge < -0.3 is 16.4 Å². The molecule has 5 nitrogen and oxygen atoms in total. The highest BCUT2D eigenvalue weighted by molar-refractivity contribution is 5.91. The maximum absolute atomic E-state index is 6.02. The maximum Gasteiger partial charge on any atom is 0.222 e. The van der Waals surface area contributed by atoms with Gasteiger partial charge in [-0.05, 0) is 44.0 Å². The molecule has 1 aliphatic rings. The fourth-order valence-corrected chi connectivity index (χ4v) is 2.97. The lowest BCUT2D eigenvalue weighted by molar-refractivity contribution is 0.231. The number of hydrogen-bond donors (Lipinski definition) is 2. The van der Waals surface area contributed by atoms with Gasteiger partial charge in [-0.1, -0.05) is 18.6 Å². The van der Waals surface area contributed by atoms with E-state index in [4.69, 9.17) is 11.5 Å². The quantitative estimate of drug-likeness (QED) is 0.890. The molecule has 0 unspecified atom stereocenters. The topological polar surface area (TPSA) is 81.1 Å². The van der Waals surface area contributed by atoms with E-state index in [-0.39, 0.29) is 5.95 Å². The summed E-state index contributed by atoms with van der Waals surface area (Å²) in [6, 6.07) is 6.07. The van der Waals surface area contributed by atoms with Crippen molar-refractivity contribution >= 4 is 22.7 Å². The molecule has 1 fully saturated rings. The van der Waals surface area contributed by atoms with Gasteiger partial charge in [0.2, 0.25) is 5.95 Å². The fourth-order valence-electron chi connectivity index (χ4n) is 2.97. The summed E-state index contributed by atoms with van der Waals surface area (Å²) in [7, 11) is 0. The molecule has 1 aromatic heterocycles. The number of aromatic nitrogens is 2.